The van der Waals surface area contributed by atoms with E-state index in [9.17, 15) is 0 Å². The third-order valence-electron chi connectivity index (χ3n) is 2.49. The maximum absolute atomic E-state index is 5.57. The molecule has 1 atom stereocenters. The van der Waals surface area contributed by atoms with Crippen LogP contribution in [0.1, 0.15) is 22.4 Å². The van der Waals surface area contributed by atoms with Crippen molar-refractivity contribution in [2.75, 3.05) is 0 Å². The summed E-state index contributed by atoms with van der Waals surface area (Å²) in [5, 5.41) is 4.03. The summed E-state index contributed by atoms with van der Waals surface area (Å²) < 4.78 is 1.75. The highest BCUT2D eigenvalue weighted by Gasteiger charge is 2.17. The molecular weight excluding hydrogens is 224 g/mol. The number of hydrazine groups is 1. The fourth-order valence-corrected chi connectivity index (χ4v) is 2.42. The van der Waals surface area contributed by atoms with Crippen molar-refractivity contribution < 1.29 is 0 Å². The van der Waals surface area contributed by atoms with E-state index in [1.54, 1.807) is 22.3 Å². The van der Waals surface area contributed by atoms with Gasteiger partial charge in [0.2, 0.25) is 0 Å². The highest BCUT2D eigenvalue weighted by Crippen LogP contribution is 2.23. The molecule has 2 aromatic rings. The minimum atomic E-state index is 0.0374. The molecule has 0 bridgehead atoms. The van der Waals surface area contributed by atoms with E-state index in [4.69, 9.17) is 5.84 Å². The number of aromatic nitrogens is 4. The largest absolute Gasteiger partial charge is 0.271 e. The monoisotopic (exact) mass is 238 g/mol. The lowest BCUT2D eigenvalue weighted by Crippen LogP contribution is -2.30. The van der Waals surface area contributed by atoms with Crippen LogP contribution in [0.3, 0.4) is 0 Å². The average molecular weight is 238 g/mol. The first kappa shape index (κ1) is 11.2. The van der Waals surface area contributed by atoms with Crippen molar-refractivity contribution in [3.63, 3.8) is 0 Å². The zero-order chi connectivity index (χ0) is 11.5. The van der Waals surface area contributed by atoms with Gasteiger partial charge in [-0.05, 0) is 6.92 Å². The van der Waals surface area contributed by atoms with Gasteiger partial charge in [-0.15, -0.1) is 11.3 Å². The van der Waals surface area contributed by atoms with Crippen molar-refractivity contribution in [1.29, 1.82) is 0 Å². The first-order valence-electron chi connectivity index (χ1n) is 4.91. The second-order valence-electron chi connectivity index (χ2n) is 3.53. The molecule has 0 saturated carbocycles. The number of rotatable bonds is 4. The molecule has 2 heterocycles. The average Bonchev–Trinajstić information content (AvgIpc) is 2.85. The molecule has 0 aromatic carbocycles. The van der Waals surface area contributed by atoms with Crippen LogP contribution in [0.4, 0.5) is 0 Å². The van der Waals surface area contributed by atoms with Crippen LogP contribution in [-0.2, 0) is 13.5 Å². The van der Waals surface area contributed by atoms with Crippen LogP contribution >= 0.6 is 11.3 Å². The van der Waals surface area contributed by atoms with Crippen molar-refractivity contribution in [3.8, 4) is 0 Å². The van der Waals surface area contributed by atoms with Crippen molar-refractivity contribution >= 4 is 11.3 Å². The Balaban J connectivity index is 2.19. The molecule has 86 valence electrons. The Hall–Kier alpha value is -1.31. The van der Waals surface area contributed by atoms with Crippen molar-refractivity contribution in [2.45, 2.75) is 19.4 Å². The zero-order valence-corrected chi connectivity index (χ0v) is 10.0. The maximum atomic E-state index is 5.57. The van der Waals surface area contributed by atoms with Gasteiger partial charge in [0.1, 0.15) is 12.2 Å². The molecule has 0 amide bonds. The van der Waals surface area contributed by atoms with E-state index < -0.39 is 0 Å². The van der Waals surface area contributed by atoms with E-state index in [1.807, 2.05) is 19.5 Å². The normalized spacial score (nSPS) is 12.9. The number of hydrogen-bond acceptors (Lipinski definition) is 6. The summed E-state index contributed by atoms with van der Waals surface area (Å²) >= 11 is 1.60. The molecule has 2 rings (SSSR count). The minimum absolute atomic E-state index is 0.0374. The highest BCUT2D eigenvalue weighted by atomic mass is 32.1. The van der Waals surface area contributed by atoms with E-state index in [2.05, 4.69) is 20.5 Å². The molecule has 0 radical (unpaired) electrons. The minimum Gasteiger partial charge on any atom is -0.271 e. The van der Waals surface area contributed by atoms with Crippen LogP contribution in [0.25, 0.3) is 0 Å². The quantitative estimate of drug-likeness (QED) is 0.592. The van der Waals surface area contributed by atoms with E-state index in [1.165, 1.54) is 0 Å². The molecule has 0 aliphatic rings. The summed E-state index contributed by atoms with van der Waals surface area (Å²) in [6, 6.07) is 0.0374. The molecule has 0 aliphatic heterocycles. The number of aryl methyl sites for hydroxylation is 2. The lowest BCUT2D eigenvalue weighted by Gasteiger charge is -2.13. The Kier molecular flexibility index (Phi) is 3.28. The Morgan fingerprint density at radius 2 is 2.38 bits per heavy atom. The zero-order valence-electron chi connectivity index (χ0n) is 9.21. The van der Waals surface area contributed by atoms with E-state index in [0.29, 0.717) is 6.42 Å². The maximum Gasteiger partial charge on any atom is 0.138 e. The Bertz CT molecular complexity index is 462. The fourth-order valence-electron chi connectivity index (χ4n) is 1.56. The van der Waals surface area contributed by atoms with Crippen molar-refractivity contribution in [1.82, 2.24) is 25.2 Å². The Labute approximate surface area is 97.5 Å². The molecule has 0 saturated heterocycles. The standard InChI is InChI=1S/C9H14N6S/c1-6-9(16-5-12-6)7(14-10)3-8-11-4-13-15(8)2/h4-5,7,14H,3,10H2,1-2H3. The van der Waals surface area contributed by atoms with Gasteiger partial charge >= 0.3 is 0 Å². The topological polar surface area (TPSA) is 81.7 Å². The third kappa shape index (κ3) is 2.11. The van der Waals surface area contributed by atoms with Gasteiger partial charge in [0.15, 0.2) is 0 Å². The van der Waals surface area contributed by atoms with Crippen LogP contribution in [0, 0.1) is 6.92 Å². The second kappa shape index (κ2) is 4.69. The summed E-state index contributed by atoms with van der Waals surface area (Å²) in [4.78, 5) is 9.54. The molecule has 0 fully saturated rings. The number of nitrogens with two attached hydrogens (primary N) is 1. The summed E-state index contributed by atoms with van der Waals surface area (Å²) in [6.45, 7) is 1.98. The lowest BCUT2D eigenvalue weighted by molar-refractivity contribution is 0.527. The molecule has 3 N–H and O–H groups in total. The van der Waals surface area contributed by atoms with E-state index in [0.717, 1.165) is 16.4 Å². The molecule has 16 heavy (non-hydrogen) atoms. The van der Waals surface area contributed by atoms with Crippen LogP contribution in [0.2, 0.25) is 0 Å². The second-order valence-corrected chi connectivity index (χ2v) is 4.41. The van der Waals surface area contributed by atoms with Gasteiger partial charge in [-0.2, -0.15) is 5.10 Å². The van der Waals surface area contributed by atoms with E-state index >= 15 is 0 Å². The SMILES string of the molecule is Cc1ncsc1C(Cc1ncnn1C)NN. The first-order valence-corrected chi connectivity index (χ1v) is 5.79. The lowest BCUT2D eigenvalue weighted by atomic mass is 10.1. The van der Waals surface area contributed by atoms with Gasteiger partial charge in [-0.1, -0.05) is 0 Å². The smallest absolute Gasteiger partial charge is 0.138 e. The summed E-state index contributed by atoms with van der Waals surface area (Å²) in [6.07, 6.45) is 2.25. The third-order valence-corrected chi connectivity index (χ3v) is 3.54. The first-order chi connectivity index (χ1) is 7.72. The van der Waals surface area contributed by atoms with Crippen molar-refractivity contribution in [2.24, 2.45) is 12.9 Å². The molecule has 0 spiro atoms. The molecule has 6 nitrogen and oxygen atoms in total. The molecule has 2 aromatic heterocycles. The summed E-state index contributed by atoms with van der Waals surface area (Å²) in [5.41, 5.74) is 5.63. The predicted molar refractivity (Wildman–Crippen MR) is 61.6 cm³/mol. The molecular formula is C9H14N6S. The van der Waals surface area contributed by atoms with Gasteiger partial charge in [0, 0.05) is 18.3 Å². The predicted octanol–water partition coefficient (Wildman–Crippen LogP) is 0.327. The molecule has 0 aliphatic carbocycles. The Morgan fingerprint density at radius 1 is 1.56 bits per heavy atom. The molecule has 7 heteroatoms. The van der Waals surface area contributed by atoms with Gasteiger partial charge in [-0.25, -0.2) is 9.97 Å². The van der Waals surface area contributed by atoms with Crippen LogP contribution in [0.15, 0.2) is 11.8 Å². The van der Waals surface area contributed by atoms with Gasteiger partial charge < -0.3 is 0 Å². The molecule has 1 unspecified atom stereocenters. The van der Waals surface area contributed by atoms with Gasteiger partial charge in [0.05, 0.1) is 17.2 Å². The highest BCUT2D eigenvalue weighted by molar-refractivity contribution is 7.09. The summed E-state index contributed by atoms with van der Waals surface area (Å²) in [5.74, 6) is 6.47. The van der Waals surface area contributed by atoms with Gasteiger partial charge in [-0.3, -0.25) is 16.0 Å². The van der Waals surface area contributed by atoms with Crippen molar-refractivity contribution in [3.05, 3.63) is 28.2 Å². The van der Waals surface area contributed by atoms with Crippen LogP contribution in [0.5, 0.6) is 0 Å². The summed E-state index contributed by atoms with van der Waals surface area (Å²) in [7, 11) is 1.87. The van der Waals surface area contributed by atoms with Crippen LogP contribution in [-0.4, -0.2) is 19.7 Å². The number of hydrogen-bond donors (Lipinski definition) is 2. The number of thiazole rings is 1. The number of nitrogens with zero attached hydrogens (tertiary/aromatic N) is 4. The van der Waals surface area contributed by atoms with E-state index in [-0.39, 0.29) is 6.04 Å². The number of nitrogens with one attached hydrogen (secondary N) is 1. The fraction of sp³-hybridized carbons (Fsp3) is 0.444. The van der Waals surface area contributed by atoms with Gasteiger partial charge in [0.25, 0.3) is 0 Å². The van der Waals surface area contributed by atoms with Crippen LogP contribution < -0.4 is 11.3 Å². The Morgan fingerprint density at radius 3 is 2.88 bits per heavy atom.